The quantitative estimate of drug-likeness (QED) is 0.126. The molecule has 4 amide bonds. The third kappa shape index (κ3) is 8.12. The third-order valence-electron chi connectivity index (χ3n) is 11.9. The lowest BCUT2D eigenvalue weighted by molar-refractivity contribution is -0.149. The van der Waals surface area contributed by atoms with E-state index >= 15 is 0 Å². The van der Waals surface area contributed by atoms with Crippen LogP contribution in [0.5, 0.6) is 0 Å². The van der Waals surface area contributed by atoms with Gasteiger partial charge in [0.2, 0.25) is 11.8 Å². The van der Waals surface area contributed by atoms with E-state index in [0.717, 1.165) is 83.8 Å². The van der Waals surface area contributed by atoms with Crippen molar-refractivity contribution >= 4 is 24.0 Å². The lowest BCUT2D eigenvalue weighted by Crippen LogP contribution is -2.59. The van der Waals surface area contributed by atoms with E-state index < -0.39 is 24.3 Å². The molecule has 57 heavy (non-hydrogen) atoms. The average molecular weight is 779 g/mol. The number of imidazole rings is 2. The maximum Gasteiger partial charge on any atom is 0.407 e. The first-order valence-corrected chi connectivity index (χ1v) is 20.1. The Labute approximate surface area is 333 Å². The van der Waals surface area contributed by atoms with Gasteiger partial charge in [0.25, 0.3) is 0 Å². The van der Waals surface area contributed by atoms with Crippen LogP contribution in [0.1, 0.15) is 90.0 Å². The minimum atomic E-state index is -0.687. The van der Waals surface area contributed by atoms with Gasteiger partial charge in [0.1, 0.15) is 23.7 Å². The van der Waals surface area contributed by atoms with E-state index in [4.69, 9.17) is 19.4 Å². The van der Waals surface area contributed by atoms with Gasteiger partial charge in [-0.15, -0.1) is 0 Å². The summed E-state index contributed by atoms with van der Waals surface area (Å²) in [6, 6.07) is 14.9. The number of H-pyrrole nitrogens is 2. The maximum absolute atomic E-state index is 14.1. The molecule has 1 saturated carbocycles. The molecule has 0 radical (unpaired) electrons. The number of alkyl carbamates (subject to hydrolysis) is 2. The first kappa shape index (κ1) is 39.6. The zero-order chi connectivity index (χ0) is 40.4. The number of hydrogen-bond donors (Lipinski definition) is 4. The Morgan fingerprint density at radius 3 is 1.65 bits per heavy atom. The largest absolute Gasteiger partial charge is 0.453 e. The first-order chi connectivity index (χ1) is 27.5. The Balaban J connectivity index is 1.03. The van der Waals surface area contributed by atoms with E-state index in [1.54, 1.807) is 0 Å². The normalized spacial score (nSPS) is 21.4. The van der Waals surface area contributed by atoms with Crippen molar-refractivity contribution in [3.63, 3.8) is 0 Å². The summed E-state index contributed by atoms with van der Waals surface area (Å²) in [4.78, 5) is 72.2. The molecule has 14 heteroatoms. The molecule has 1 aliphatic carbocycles. The van der Waals surface area contributed by atoms with Crippen molar-refractivity contribution in [1.29, 1.82) is 0 Å². The summed E-state index contributed by atoms with van der Waals surface area (Å²) < 4.78 is 9.60. The number of piperidine rings is 2. The number of benzene rings is 2. The fourth-order valence-electron chi connectivity index (χ4n) is 8.83. The van der Waals surface area contributed by atoms with Gasteiger partial charge in [-0.1, -0.05) is 76.2 Å². The molecule has 4 atom stereocenters. The lowest BCUT2D eigenvalue weighted by Gasteiger charge is -2.51. The van der Waals surface area contributed by atoms with Crippen LogP contribution in [-0.4, -0.2) is 92.6 Å². The number of nitrogens with zero attached hydrogens (tertiary/aromatic N) is 4. The monoisotopic (exact) mass is 778 g/mol. The van der Waals surface area contributed by atoms with Crippen LogP contribution in [0.3, 0.4) is 0 Å². The molecule has 4 N–H and O–H groups in total. The Morgan fingerprint density at radius 1 is 0.667 bits per heavy atom. The van der Waals surface area contributed by atoms with Crippen molar-refractivity contribution in [3.05, 3.63) is 72.6 Å². The third-order valence-corrected chi connectivity index (χ3v) is 11.9. The van der Waals surface area contributed by atoms with E-state index in [9.17, 15) is 19.2 Å². The number of aromatic nitrogens is 4. The van der Waals surface area contributed by atoms with Crippen LogP contribution in [0.25, 0.3) is 33.6 Å². The van der Waals surface area contributed by atoms with E-state index in [1.165, 1.54) is 14.2 Å². The van der Waals surface area contributed by atoms with Crippen molar-refractivity contribution in [2.75, 3.05) is 20.8 Å². The Morgan fingerprint density at radius 2 is 1.14 bits per heavy atom. The van der Waals surface area contributed by atoms with Crippen LogP contribution in [0.4, 0.5) is 9.59 Å². The molecular weight excluding hydrogens is 725 g/mol. The van der Waals surface area contributed by atoms with Gasteiger partial charge < -0.3 is 39.9 Å². The fourth-order valence-corrected chi connectivity index (χ4v) is 8.83. The fraction of sp³-hybridized carbons (Fsp3) is 0.488. The summed E-state index contributed by atoms with van der Waals surface area (Å²) in [5.41, 5.74) is 5.64. The number of rotatable bonds is 11. The number of hydrogen-bond acceptors (Lipinski definition) is 8. The second kappa shape index (κ2) is 16.8. The van der Waals surface area contributed by atoms with Gasteiger partial charge in [-0.25, -0.2) is 19.6 Å². The van der Waals surface area contributed by atoms with Gasteiger partial charge in [0, 0.05) is 36.1 Å². The molecule has 2 bridgehead atoms. The van der Waals surface area contributed by atoms with Crippen LogP contribution in [0.15, 0.2) is 60.9 Å². The molecular formula is C43H54N8O6. The van der Waals surface area contributed by atoms with E-state index in [-0.39, 0.29) is 41.8 Å². The zero-order valence-electron chi connectivity index (χ0n) is 33.6. The maximum atomic E-state index is 14.1. The number of carbonyl (C=O) groups excluding carboxylic acids is 4. The molecule has 0 spiro atoms. The average Bonchev–Trinajstić information content (AvgIpc) is 4.03. The van der Waals surface area contributed by atoms with Crippen LogP contribution in [0, 0.1) is 17.8 Å². The standard InChI is InChI=1S/C43H54N8O6/c1-24(2)35(48-42(54)56-5)40(52)50-21-7-8-34(50)38-44-22-32(46-38)28-13-9-26(10-14-28)27-11-15-29(16-12-27)33-23-45-39(47-33)37-30-17-19-31(20-18-30)51(37)41(53)36(25(3)4)49-43(55)57-6/h9-16,22-25,30-31,34-37H,7-8,17-21H2,1-6H3,(H,44,46)(H,45,47)(H,48,54)(H,49,55)/t30?,31?,34-,35-,36-,37-/m0/s1. The van der Waals surface area contributed by atoms with Crippen LogP contribution < -0.4 is 10.6 Å². The number of ether oxygens (including phenoxy) is 2. The molecule has 4 aromatic rings. The van der Waals surface area contributed by atoms with Gasteiger partial charge >= 0.3 is 12.2 Å². The second-order valence-electron chi connectivity index (χ2n) is 16.2. The van der Waals surface area contributed by atoms with Crippen LogP contribution in [-0.2, 0) is 19.1 Å². The Kier molecular flexibility index (Phi) is 11.7. The Hall–Kier alpha value is -5.66. The number of likely N-dealkylation sites (tertiary alicyclic amines) is 1. The summed E-state index contributed by atoms with van der Waals surface area (Å²) in [6.45, 7) is 8.26. The highest BCUT2D eigenvalue weighted by Crippen LogP contribution is 2.47. The molecule has 4 aliphatic rings. The zero-order valence-corrected chi connectivity index (χ0v) is 33.6. The molecule has 302 valence electrons. The number of amides is 4. The SMILES string of the molecule is COC(=O)N[C@H](C(=O)N1CCC[C@H]1c1nc(-c2ccc(-c3ccc(-c4c[nH]c([C@@H]5C6CCC(CC6)N5C(=O)[C@@H](NC(=O)OC)C(C)C)n4)cc3)cc2)c[nH]1)C(C)C. The molecule has 3 saturated heterocycles. The predicted octanol–water partition coefficient (Wildman–Crippen LogP) is 7.00. The van der Waals surface area contributed by atoms with Crippen molar-refractivity contribution < 1.29 is 28.7 Å². The lowest BCUT2D eigenvalue weighted by atomic mass is 9.73. The number of aromatic amines is 2. The van der Waals surface area contributed by atoms with E-state index in [1.807, 2.05) is 62.0 Å². The van der Waals surface area contributed by atoms with Gasteiger partial charge in [-0.3, -0.25) is 9.59 Å². The molecule has 8 rings (SSSR count). The summed E-state index contributed by atoms with van der Waals surface area (Å²) in [7, 11) is 2.60. The molecule has 14 nitrogen and oxygen atoms in total. The first-order valence-electron chi connectivity index (χ1n) is 20.1. The van der Waals surface area contributed by atoms with Crippen molar-refractivity contribution in [1.82, 2.24) is 40.4 Å². The minimum absolute atomic E-state index is 0.0885. The summed E-state index contributed by atoms with van der Waals surface area (Å²) in [6.07, 6.45) is 8.17. The second-order valence-corrected chi connectivity index (χ2v) is 16.2. The summed E-state index contributed by atoms with van der Waals surface area (Å²) >= 11 is 0. The summed E-state index contributed by atoms with van der Waals surface area (Å²) in [5.74, 6) is 1.36. The van der Waals surface area contributed by atoms with Crippen LogP contribution in [0.2, 0.25) is 0 Å². The van der Waals surface area contributed by atoms with Gasteiger partial charge in [0.15, 0.2) is 0 Å². The topological polar surface area (TPSA) is 175 Å². The molecule has 0 unspecified atom stereocenters. The van der Waals surface area contributed by atoms with Crippen molar-refractivity contribution in [2.24, 2.45) is 17.8 Å². The van der Waals surface area contributed by atoms with Crippen molar-refractivity contribution in [2.45, 2.75) is 96.4 Å². The number of carbonyl (C=O) groups is 4. The number of methoxy groups -OCH3 is 2. The van der Waals surface area contributed by atoms with Crippen molar-refractivity contribution in [3.8, 4) is 33.6 Å². The highest BCUT2D eigenvalue weighted by Gasteiger charge is 2.48. The predicted molar refractivity (Wildman–Crippen MR) is 214 cm³/mol. The smallest absolute Gasteiger partial charge is 0.407 e. The van der Waals surface area contributed by atoms with Gasteiger partial charge in [-0.05, 0) is 67.4 Å². The molecule has 4 fully saturated rings. The van der Waals surface area contributed by atoms with Gasteiger partial charge in [0.05, 0.1) is 37.7 Å². The minimum Gasteiger partial charge on any atom is -0.453 e. The highest BCUT2D eigenvalue weighted by molar-refractivity contribution is 5.87. The number of nitrogens with one attached hydrogen (secondary N) is 4. The van der Waals surface area contributed by atoms with E-state index in [2.05, 4.69) is 57.0 Å². The van der Waals surface area contributed by atoms with Gasteiger partial charge in [-0.2, -0.15) is 0 Å². The molecule has 5 heterocycles. The molecule has 2 aromatic heterocycles. The van der Waals surface area contributed by atoms with Crippen LogP contribution >= 0.6 is 0 Å². The molecule has 2 aromatic carbocycles. The van der Waals surface area contributed by atoms with E-state index in [0.29, 0.717) is 12.5 Å². The summed E-state index contributed by atoms with van der Waals surface area (Å²) in [5, 5.41) is 5.47. The highest BCUT2D eigenvalue weighted by atomic mass is 16.5. The molecule has 3 aliphatic heterocycles. The Bertz CT molecular complexity index is 2050. The number of fused-ring (bicyclic) bond motifs is 3.